The van der Waals surface area contributed by atoms with Crippen LogP contribution in [-0.2, 0) is 13.0 Å². The van der Waals surface area contributed by atoms with Crippen LogP contribution in [0.3, 0.4) is 0 Å². The van der Waals surface area contributed by atoms with Crippen molar-refractivity contribution in [3.63, 3.8) is 0 Å². The molecule has 1 heterocycles. The molecule has 1 aromatic rings. The normalized spacial score (nSPS) is 13.4. The summed E-state index contributed by atoms with van der Waals surface area (Å²) in [6, 6.07) is 3.95. The number of halogens is 1. The van der Waals surface area contributed by atoms with Gasteiger partial charge in [-0.15, -0.1) is 6.58 Å². The van der Waals surface area contributed by atoms with Crippen LogP contribution in [-0.4, -0.2) is 13.2 Å². The first-order valence-corrected chi connectivity index (χ1v) is 5.45. The van der Waals surface area contributed by atoms with Gasteiger partial charge in [0.05, 0.1) is 6.61 Å². The van der Waals surface area contributed by atoms with Gasteiger partial charge >= 0.3 is 0 Å². The standard InChI is InChI=1S/C12H14ClNO/c1-2-4-14-8-10-7-11(13)6-9-3-5-15-12(9)10/h2,6-7,14H,1,3-5,8H2. The van der Waals surface area contributed by atoms with Crippen LogP contribution >= 0.6 is 11.6 Å². The Kier molecular flexibility index (Phi) is 3.29. The van der Waals surface area contributed by atoms with Crippen molar-refractivity contribution in [2.24, 2.45) is 0 Å². The van der Waals surface area contributed by atoms with Crippen molar-refractivity contribution in [2.45, 2.75) is 13.0 Å². The molecule has 1 N–H and O–H groups in total. The molecule has 80 valence electrons. The molecule has 0 aromatic heterocycles. The summed E-state index contributed by atoms with van der Waals surface area (Å²) < 4.78 is 5.59. The Morgan fingerprint density at radius 3 is 3.20 bits per heavy atom. The lowest BCUT2D eigenvalue weighted by molar-refractivity contribution is 0.352. The molecule has 0 unspecified atom stereocenters. The molecule has 0 aliphatic carbocycles. The van der Waals surface area contributed by atoms with Gasteiger partial charge in [-0.3, -0.25) is 0 Å². The highest BCUT2D eigenvalue weighted by atomic mass is 35.5. The smallest absolute Gasteiger partial charge is 0.127 e. The first kappa shape index (κ1) is 10.5. The van der Waals surface area contributed by atoms with Gasteiger partial charge in [0.1, 0.15) is 5.75 Å². The van der Waals surface area contributed by atoms with Crippen LogP contribution in [0.25, 0.3) is 0 Å². The van der Waals surface area contributed by atoms with Crippen molar-refractivity contribution in [1.29, 1.82) is 0 Å². The Balaban J connectivity index is 2.18. The van der Waals surface area contributed by atoms with Crippen molar-refractivity contribution in [1.82, 2.24) is 5.32 Å². The van der Waals surface area contributed by atoms with E-state index in [-0.39, 0.29) is 0 Å². The molecule has 0 spiro atoms. The minimum absolute atomic E-state index is 0.768. The molecule has 1 aromatic carbocycles. The Morgan fingerprint density at radius 1 is 1.53 bits per heavy atom. The summed E-state index contributed by atoms with van der Waals surface area (Å²) in [5, 5.41) is 4.04. The molecule has 1 aliphatic heterocycles. The highest BCUT2D eigenvalue weighted by Gasteiger charge is 2.16. The maximum Gasteiger partial charge on any atom is 0.127 e. The second kappa shape index (κ2) is 4.69. The molecule has 0 amide bonds. The lowest BCUT2D eigenvalue weighted by Crippen LogP contribution is -2.13. The fourth-order valence-corrected chi connectivity index (χ4v) is 2.05. The van der Waals surface area contributed by atoms with Gasteiger partial charge in [-0.1, -0.05) is 17.7 Å². The number of benzene rings is 1. The summed E-state index contributed by atoms with van der Waals surface area (Å²) in [5.41, 5.74) is 2.36. The third kappa shape index (κ3) is 2.33. The van der Waals surface area contributed by atoms with Gasteiger partial charge in [0.15, 0.2) is 0 Å². The molecule has 0 atom stereocenters. The van der Waals surface area contributed by atoms with Crippen LogP contribution in [0.15, 0.2) is 24.8 Å². The van der Waals surface area contributed by atoms with Gasteiger partial charge in [0.2, 0.25) is 0 Å². The van der Waals surface area contributed by atoms with E-state index in [1.165, 1.54) is 5.56 Å². The van der Waals surface area contributed by atoms with Crippen molar-refractivity contribution < 1.29 is 4.74 Å². The average molecular weight is 224 g/mol. The van der Waals surface area contributed by atoms with Crippen LogP contribution in [0, 0.1) is 0 Å². The van der Waals surface area contributed by atoms with Gasteiger partial charge in [-0.05, 0) is 17.7 Å². The summed E-state index contributed by atoms with van der Waals surface area (Å²) in [5.74, 6) is 1.01. The fourth-order valence-electron chi connectivity index (χ4n) is 1.79. The van der Waals surface area contributed by atoms with Gasteiger partial charge in [-0.25, -0.2) is 0 Å². The number of rotatable bonds is 4. The monoisotopic (exact) mass is 223 g/mol. The lowest BCUT2D eigenvalue weighted by Gasteiger charge is -2.09. The number of hydrogen-bond acceptors (Lipinski definition) is 2. The highest BCUT2D eigenvalue weighted by Crippen LogP contribution is 2.32. The summed E-state index contributed by atoms with van der Waals surface area (Å²) in [6.45, 7) is 6.00. The van der Waals surface area contributed by atoms with E-state index in [0.717, 1.165) is 42.5 Å². The second-order valence-electron chi connectivity index (χ2n) is 3.57. The van der Waals surface area contributed by atoms with E-state index >= 15 is 0 Å². The lowest BCUT2D eigenvalue weighted by atomic mass is 10.1. The van der Waals surface area contributed by atoms with Gasteiger partial charge < -0.3 is 10.1 Å². The average Bonchev–Trinajstić information content (AvgIpc) is 2.65. The van der Waals surface area contributed by atoms with Gasteiger partial charge in [-0.2, -0.15) is 0 Å². The maximum absolute atomic E-state index is 6.04. The number of hydrogen-bond donors (Lipinski definition) is 1. The first-order chi connectivity index (χ1) is 7.31. The van der Waals surface area contributed by atoms with E-state index in [1.807, 2.05) is 18.2 Å². The molecule has 0 radical (unpaired) electrons. The molecule has 0 saturated carbocycles. The van der Waals surface area contributed by atoms with Crippen LogP contribution in [0.2, 0.25) is 5.02 Å². The van der Waals surface area contributed by atoms with Gasteiger partial charge in [0.25, 0.3) is 0 Å². The number of fused-ring (bicyclic) bond motifs is 1. The summed E-state index contributed by atoms with van der Waals surface area (Å²) in [7, 11) is 0. The minimum atomic E-state index is 0.768. The van der Waals surface area contributed by atoms with E-state index in [0.29, 0.717) is 0 Å². The SMILES string of the molecule is C=CCNCc1cc(Cl)cc2c1OCC2. The number of ether oxygens (including phenoxy) is 1. The molecular formula is C12H14ClNO. The predicted molar refractivity (Wildman–Crippen MR) is 62.6 cm³/mol. The Hall–Kier alpha value is -0.990. The summed E-state index contributed by atoms with van der Waals surface area (Å²) >= 11 is 6.04. The van der Waals surface area contributed by atoms with Crippen LogP contribution in [0.1, 0.15) is 11.1 Å². The van der Waals surface area contributed by atoms with E-state index in [1.54, 1.807) is 0 Å². The third-order valence-corrected chi connectivity index (χ3v) is 2.65. The second-order valence-corrected chi connectivity index (χ2v) is 4.01. The molecule has 1 aliphatic rings. The van der Waals surface area contributed by atoms with Gasteiger partial charge in [0, 0.05) is 30.1 Å². The van der Waals surface area contributed by atoms with Crippen molar-refractivity contribution in [3.05, 3.63) is 40.9 Å². The topological polar surface area (TPSA) is 21.3 Å². The zero-order valence-corrected chi connectivity index (χ0v) is 9.31. The largest absolute Gasteiger partial charge is 0.493 e. The van der Waals surface area contributed by atoms with Crippen LogP contribution < -0.4 is 10.1 Å². The van der Waals surface area contributed by atoms with E-state index in [4.69, 9.17) is 16.3 Å². The predicted octanol–water partition coefficient (Wildman–Crippen LogP) is 2.55. The summed E-state index contributed by atoms with van der Waals surface area (Å²) in [6.07, 6.45) is 2.80. The maximum atomic E-state index is 6.04. The molecule has 2 nitrogen and oxygen atoms in total. The minimum Gasteiger partial charge on any atom is -0.493 e. The molecule has 0 bridgehead atoms. The molecule has 3 heteroatoms. The van der Waals surface area contributed by atoms with Crippen molar-refractivity contribution in [2.75, 3.05) is 13.2 Å². The Bertz CT molecular complexity index is 376. The number of nitrogens with one attached hydrogen (secondary N) is 1. The van der Waals surface area contributed by atoms with E-state index < -0.39 is 0 Å². The first-order valence-electron chi connectivity index (χ1n) is 5.07. The molecule has 15 heavy (non-hydrogen) atoms. The molecule has 0 saturated heterocycles. The molecule has 2 rings (SSSR count). The Labute approximate surface area is 94.9 Å². The molecular weight excluding hydrogens is 210 g/mol. The van der Waals surface area contributed by atoms with Crippen LogP contribution in [0.5, 0.6) is 5.75 Å². The highest BCUT2D eigenvalue weighted by molar-refractivity contribution is 6.30. The zero-order valence-electron chi connectivity index (χ0n) is 8.55. The summed E-state index contributed by atoms with van der Waals surface area (Å²) in [4.78, 5) is 0. The third-order valence-electron chi connectivity index (χ3n) is 2.43. The van der Waals surface area contributed by atoms with Crippen molar-refractivity contribution in [3.8, 4) is 5.75 Å². The van der Waals surface area contributed by atoms with E-state index in [2.05, 4.69) is 11.9 Å². The quantitative estimate of drug-likeness (QED) is 0.626. The fraction of sp³-hybridized carbons (Fsp3) is 0.333. The zero-order chi connectivity index (χ0) is 10.7. The van der Waals surface area contributed by atoms with E-state index in [9.17, 15) is 0 Å². The van der Waals surface area contributed by atoms with Crippen LogP contribution in [0.4, 0.5) is 0 Å². The molecule has 0 fully saturated rings. The van der Waals surface area contributed by atoms with Crippen molar-refractivity contribution >= 4 is 11.6 Å². The Morgan fingerprint density at radius 2 is 2.40 bits per heavy atom.